The molecule has 0 spiro atoms. The standard InChI is InChI=1S/C19H27F3N2O2S/c1-15-3-2-10-23(14-15)17-8-11-24(12-9-17)27(25,26)18-6-4-16(5-7-18)13-19(20,21)22/h4-7,15,17H,2-3,8-14H2,1H3. The minimum atomic E-state index is -4.30. The number of sulfonamides is 1. The zero-order valence-corrected chi connectivity index (χ0v) is 16.4. The van der Waals surface area contributed by atoms with Crippen molar-refractivity contribution in [3.63, 3.8) is 0 Å². The van der Waals surface area contributed by atoms with E-state index in [2.05, 4.69) is 11.8 Å². The van der Waals surface area contributed by atoms with E-state index in [1.807, 2.05) is 0 Å². The summed E-state index contributed by atoms with van der Waals surface area (Å²) in [4.78, 5) is 2.56. The van der Waals surface area contributed by atoms with Gasteiger partial charge in [0, 0.05) is 25.7 Å². The van der Waals surface area contributed by atoms with E-state index in [1.54, 1.807) is 0 Å². The first-order chi connectivity index (χ1) is 12.6. The van der Waals surface area contributed by atoms with Crippen molar-refractivity contribution in [2.75, 3.05) is 26.2 Å². The van der Waals surface area contributed by atoms with Crippen molar-refractivity contribution in [2.45, 2.75) is 56.1 Å². The molecule has 2 aliphatic rings. The van der Waals surface area contributed by atoms with Gasteiger partial charge in [0.15, 0.2) is 0 Å². The smallest absolute Gasteiger partial charge is 0.300 e. The first kappa shape index (κ1) is 20.6. The Kier molecular flexibility index (Phi) is 6.17. The molecule has 3 rings (SSSR count). The number of halogens is 3. The maximum atomic E-state index is 12.8. The van der Waals surface area contributed by atoms with Gasteiger partial charge in [-0.05, 0) is 55.8 Å². The van der Waals surface area contributed by atoms with Crippen molar-refractivity contribution in [2.24, 2.45) is 5.92 Å². The molecule has 0 saturated carbocycles. The van der Waals surface area contributed by atoms with E-state index in [0.29, 0.717) is 25.0 Å². The van der Waals surface area contributed by atoms with Crippen LogP contribution in [0.5, 0.6) is 0 Å². The molecule has 0 aromatic heterocycles. The van der Waals surface area contributed by atoms with Gasteiger partial charge < -0.3 is 4.90 Å². The van der Waals surface area contributed by atoms with Gasteiger partial charge in [0.1, 0.15) is 0 Å². The molecular formula is C19H27F3N2O2S. The highest BCUT2D eigenvalue weighted by Crippen LogP contribution is 2.27. The lowest BCUT2D eigenvalue weighted by molar-refractivity contribution is -0.127. The summed E-state index contributed by atoms with van der Waals surface area (Å²) in [6.45, 7) is 5.35. The zero-order valence-electron chi connectivity index (χ0n) is 15.6. The lowest BCUT2D eigenvalue weighted by Crippen LogP contribution is -2.49. The highest BCUT2D eigenvalue weighted by Gasteiger charge is 2.33. The van der Waals surface area contributed by atoms with Crippen LogP contribution in [0.15, 0.2) is 29.2 Å². The van der Waals surface area contributed by atoms with Crippen LogP contribution in [0.2, 0.25) is 0 Å². The molecule has 1 unspecified atom stereocenters. The molecule has 4 nitrogen and oxygen atoms in total. The first-order valence-electron chi connectivity index (χ1n) is 9.55. The Morgan fingerprint density at radius 2 is 1.67 bits per heavy atom. The molecule has 0 aliphatic carbocycles. The van der Waals surface area contributed by atoms with E-state index in [-0.39, 0.29) is 10.5 Å². The summed E-state index contributed by atoms with van der Waals surface area (Å²) in [5.41, 5.74) is 0.0689. The van der Waals surface area contributed by atoms with Gasteiger partial charge >= 0.3 is 6.18 Å². The normalized spacial score (nSPS) is 24.2. The molecule has 0 bridgehead atoms. The molecule has 2 heterocycles. The highest BCUT2D eigenvalue weighted by molar-refractivity contribution is 7.89. The second kappa shape index (κ2) is 8.09. The predicted molar refractivity (Wildman–Crippen MR) is 98.0 cm³/mol. The van der Waals surface area contributed by atoms with Gasteiger partial charge in [-0.15, -0.1) is 0 Å². The van der Waals surface area contributed by atoms with Gasteiger partial charge in [0.25, 0.3) is 0 Å². The van der Waals surface area contributed by atoms with Crippen molar-refractivity contribution in [1.29, 1.82) is 0 Å². The molecule has 0 amide bonds. The molecule has 2 fully saturated rings. The van der Waals surface area contributed by atoms with Crippen molar-refractivity contribution < 1.29 is 21.6 Å². The van der Waals surface area contributed by atoms with Crippen molar-refractivity contribution in [3.05, 3.63) is 29.8 Å². The van der Waals surface area contributed by atoms with Gasteiger partial charge in [-0.3, -0.25) is 0 Å². The first-order valence-corrected chi connectivity index (χ1v) is 11.0. The van der Waals surface area contributed by atoms with Gasteiger partial charge in [0.05, 0.1) is 11.3 Å². The summed E-state index contributed by atoms with van der Waals surface area (Å²) in [6, 6.07) is 5.50. The highest BCUT2D eigenvalue weighted by atomic mass is 32.2. The molecule has 0 N–H and O–H groups in total. The SMILES string of the molecule is CC1CCCN(C2CCN(S(=O)(=O)c3ccc(CC(F)(F)F)cc3)CC2)C1. The number of hydrogen-bond donors (Lipinski definition) is 0. The Labute approximate surface area is 159 Å². The third-order valence-corrected chi connectivity index (χ3v) is 7.51. The van der Waals surface area contributed by atoms with Crippen LogP contribution in [0.1, 0.15) is 38.2 Å². The quantitative estimate of drug-likeness (QED) is 0.769. The van der Waals surface area contributed by atoms with E-state index in [4.69, 9.17) is 0 Å². The number of piperidine rings is 2. The molecule has 2 saturated heterocycles. The summed E-state index contributed by atoms with van der Waals surface area (Å²) in [7, 11) is -3.65. The lowest BCUT2D eigenvalue weighted by atomic mass is 9.96. The molecule has 1 aromatic carbocycles. The topological polar surface area (TPSA) is 40.6 Å². The Bertz CT molecular complexity index is 726. The van der Waals surface area contributed by atoms with E-state index in [1.165, 1.54) is 41.4 Å². The maximum absolute atomic E-state index is 12.8. The van der Waals surface area contributed by atoms with E-state index < -0.39 is 22.6 Å². The van der Waals surface area contributed by atoms with Crippen LogP contribution in [-0.4, -0.2) is 56.0 Å². The Morgan fingerprint density at radius 1 is 1.04 bits per heavy atom. The van der Waals surface area contributed by atoms with Gasteiger partial charge in [-0.1, -0.05) is 19.1 Å². The Balaban J connectivity index is 1.61. The molecular weight excluding hydrogens is 377 g/mol. The van der Waals surface area contributed by atoms with Crippen LogP contribution in [0.4, 0.5) is 13.2 Å². The van der Waals surface area contributed by atoms with Crippen molar-refractivity contribution in [1.82, 2.24) is 9.21 Å². The summed E-state index contributed by atoms with van der Waals surface area (Å²) in [6.07, 6.45) is -1.28. The van der Waals surface area contributed by atoms with Crippen LogP contribution >= 0.6 is 0 Å². The number of nitrogens with zero attached hydrogens (tertiary/aromatic N) is 2. The molecule has 1 aromatic rings. The Hall–Kier alpha value is -1.12. The van der Waals surface area contributed by atoms with Crippen molar-refractivity contribution >= 4 is 10.0 Å². The molecule has 1 atom stereocenters. The summed E-state index contributed by atoms with van der Waals surface area (Å²) < 4.78 is 64.4. The zero-order chi connectivity index (χ0) is 19.7. The van der Waals surface area contributed by atoms with Gasteiger partial charge in [-0.25, -0.2) is 8.42 Å². The van der Waals surface area contributed by atoms with E-state index >= 15 is 0 Å². The summed E-state index contributed by atoms with van der Waals surface area (Å²) in [5.74, 6) is 0.690. The van der Waals surface area contributed by atoms with Gasteiger partial charge in [0.2, 0.25) is 10.0 Å². The molecule has 8 heteroatoms. The number of alkyl halides is 3. The minimum Gasteiger partial charge on any atom is -0.300 e. The third kappa shape index (κ3) is 5.23. The van der Waals surface area contributed by atoms with Crippen LogP contribution in [0, 0.1) is 5.92 Å². The lowest BCUT2D eigenvalue weighted by Gasteiger charge is -2.41. The predicted octanol–water partition coefficient (Wildman–Crippen LogP) is 3.68. The maximum Gasteiger partial charge on any atom is 0.393 e. The number of rotatable bonds is 4. The summed E-state index contributed by atoms with van der Waals surface area (Å²) in [5, 5.41) is 0. The summed E-state index contributed by atoms with van der Waals surface area (Å²) >= 11 is 0. The van der Waals surface area contributed by atoms with Gasteiger partial charge in [-0.2, -0.15) is 17.5 Å². The largest absolute Gasteiger partial charge is 0.393 e. The monoisotopic (exact) mass is 404 g/mol. The second-order valence-electron chi connectivity index (χ2n) is 7.81. The fraction of sp³-hybridized carbons (Fsp3) is 0.684. The minimum absolute atomic E-state index is 0.0680. The van der Waals surface area contributed by atoms with E-state index in [0.717, 1.165) is 25.9 Å². The molecule has 0 radical (unpaired) electrons. The van der Waals surface area contributed by atoms with Crippen LogP contribution in [0.3, 0.4) is 0 Å². The average molecular weight is 404 g/mol. The molecule has 27 heavy (non-hydrogen) atoms. The number of benzene rings is 1. The molecule has 2 aliphatic heterocycles. The fourth-order valence-electron chi connectivity index (χ4n) is 4.16. The van der Waals surface area contributed by atoms with Crippen LogP contribution in [-0.2, 0) is 16.4 Å². The number of hydrogen-bond acceptors (Lipinski definition) is 3. The van der Waals surface area contributed by atoms with E-state index in [9.17, 15) is 21.6 Å². The number of likely N-dealkylation sites (tertiary alicyclic amines) is 1. The third-order valence-electron chi connectivity index (χ3n) is 5.59. The van der Waals surface area contributed by atoms with Crippen molar-refractivity contribution in [3.8, 4) is 0 Å². The molecule has 152 valence electrons. The fourth-order valence-corrected chi connectivity index (χ4v) is 5.63. The second-order valence-corrected chi connectivity index (χ2v) is 9.75. The van der Waals surface area contributed by atoms with Crippen LogP contribution in [0.25, 0.3) is 0 Å². The average Bonchev–Trinajstić information content (AvgIpc) is 2.61. The van der Waals surface area contributed by atoms with Crippen LogP contribution < -0.4 is 0 Å². The Morgan fingerprint density at radius 3 is 2.22 bits per heavy atom.